The second-order valence-electron chi connectivity index (χ2n) is 22.2. The molecule has 5 rings (SSSR count). The number of aromatic nitrogens is 3. The number of benzene rings is 2. The number of phosphoric acid groups is 3. The van der Waals surface area contributed by atoms with Gasteiger partial charge in [-0.25, -0.2) is 33.3 Å². The number of nitrogens with zero attached hydrogens (tertiary/aromatic N) is 6. The van der Waals surface area contributed by atoms with Crippen molar-refractivity contribution in [1.82, 2.24) is 35.8 Å². The predicted molar refractivity (Wildman–Crippen MR) is 356 cm³/mol. The van der Waals surface area contributed by atoms with Gasteiger partial charge < -0.3 is 94.8 Å². The first kappa shape index (κ1) is 87.3. The van der Waals surface area contributed by atoms with Crippen LogP contribution in [0.4, 0.5) is 5.82 Å². The van der Waals surface area contributed by atoms with Gasteiger partial charge in [0.25, 0.3) is 17.7 Å². The van der Waals surface area contributed by atoms with Crippen LogP contribution in [0.25, 0.3) is 21.5 Å². The Balaban J connectivity index is 0.0000135. The highest BCUT2D eigenvalue weighted by atomic mass is 32.1. The van der Waals surface area contributed by atoms with Crippen LogP contribution in [0.1, 0.15) is 126 Å². The molecule has 41 nitrogen and oxygen atoms in total. The van der Waals surface area contributed by atoms with Crippen molar-refractivity contribution >= 4 is 132 Å². The van der Waals surface area contributed by atoms with Crippen molar-refractivity contribution in [3.05, 3.63) is 93.2 Å². The van der Waals surface area contributed by atoms with E-state index in [2.05, 4.69) is 67.0 Å². The summed E-state index contributed by atoms with van der Waals surface area (Å²) in [6, 6.07) is 5.21. The van der Waals surface area contributed by atoms with E-state index in [1.54, 1.807) is 0 Å². The van der Waals surface area contributed by atoms with Gasteiger partial charge in [-0.1, -0.05) is 29.1 Å². The summed E-state index contributed by atoms with van der Waals surface area (Å²) in [7, 11) is -17.3. The lowest BCUT2D eigenvalue weighted by molar-refractivity contribution is -0.162. The summed E-state index contributed by atoms with van der Waals surface area (Å²) in [6.07, 6.45) is -5.35. The molecule has 46 heteroatoms. The molecule has 102 heavy (non-hydrogen) atoms. The van der Waals surface area contributed by atoms with Gasteiger partial charge in [0.2, 0.25) is 11.8 Å². The fourth-order valence-corrected chi connectivity index (χ4v) is 11.7. The Kier molecular flexibility index (Phi) is 34.3. The highest BCUT2D eigenvalue weighted by molar-refractivity contribution is 7.66. The number of hydrogen-bond donors (Lipinski definition) is 13. The number of fused-ring (bicyclic) bond motifs is 1. The molecular formula is C56H72N11O30P3S2. The van der Waals surface area contributed by atoms with Crippen molar-refractivity contribution in [3.63, 3.8) is 0 Å². The number of carboxylic acids is 4. The normalized spacial score (nSPS) is 16.1. The molecule has 0 aliphatic carbocycles. The molecular weight excluding hydrogens is 1460 g/mol. The first-order chi connectivity index (χ1) is 46.8. The minimum absolute atomic E-state index is 0. The van der Waals surface area contributed by atoms with Gasteiger partial charge in [-0.05, 0) is 75.9 Å². The van der Waals surface area contributed by atoms with Gasteiger partial charge in [0.1, 0.15) is 67.3 Å². The summed E-state index contributed by atoms with van der Waals surface area (Å²) in [5.41, 5.74) is 7.19. The van der Waals surface area contributed by atoms with Crippen LogP contribution in [0.5, 0.6) is 5.75 Å². The number of ether oxygens (including phenoxy) is 5. The quantitative estimate of drug-likeness (QED) is 0.00446. The van der Waals surface area contributed by atoms with Crippen molar-refractivity contribution in [2.45, 2.75) is 109 Å². The Morgan fingerprint density at radius 3 is 1.96 bits per heavy atom. The number of rotatable bonds is 39. The van der Waals surface area contributed by atoms with Crippen LogP contribution in [0.3, 0.4) is 0 Å². The van der Waals surface area contributed by atoms with E-state index in [4.69, 9.17) is 48.2 Å². The highest BCUT2D eigenvalue weighted by Gasteiger charge is 2.45. The molecule has 1 fully saturated rings. The summed E-state index contributed by atoms with van der Waals surface area (Å²) in [4.78, 5) is 186. The van der Waals surface area contributed by atoms with E-state index in [9.17, 15) is 92.0 Å². The van der Waals surface area contributed by atoms with E-state index >= 15 is 0 Å². The number of azide groups is 1. The maximum absolute atomic E-state index is 13.4. The van der Waals surface area contributed by atoms with E-state index in [0.29, 0.717) is 0 Å². The molecule has 558 valence electrons. The van der Waals surface area contributed by atoms with Gasteiger partial charge in [0.15, 0.2) is 12.0 Å². The molecule has 1 aliphatic heterocycles. The molecule has 0 spiro atoms. The standard InChI is InChI=1S/C56H68N11O30P3.2H2S/c1-30(68)62-48-47-32(25-67(49(47)61-29-60-48)44-24-40(95-55(82)56(2,3)4)41(94-44)26-93-99(86,87)97-100(88,89)96-98(83,84)85)9-6-16-58-42(70)27-90-18-19-91-43(65-66-57)28-92-36-10-5-8-31(23-36)39(69)11-7-17-59-50(75)33-20-34(51(76)63-37(53(78)79)12-14-45(71)72)22-35(21-33)52(77)64-38(54(80)81)13-15-46(73)74;;/h5,8,10,20-23,25,29,37-38,40-41,43-44H,7,11-19,24,26-28H2,1-4H3,(H,58,70)(H,59,75)(H,63,76)(H,64,77)(H,71,72)(H,73,74)(H,78,79)(H,80,81)(H,86,87)(H,88,89)(H2,83,84,85)(H,60,61,62,68);2*1H2/t37-,38-,40-,41+,43?,44+;;/m0../s1. The average Bonchev–Trinajstić information content (AvgIpc) is 1.61. The average molecular weight is 1540 g/mol. The second kappa shape index (κ2) is 40.1. The van der Waals surface area contributed by atoms with Crippen molar-refractivity contribution in [2.24, 2.45) is 10.5 Å². The zero-order chi connectivity index (χ0) is 74.3. The van der Waals surface area contributed by atoms with E-state index in [-0.39, 0.29) is 118 Å². The SMILES string of the molecule is CC(=O)Nc1ncnc2c1c(C#CCNC(=O)COCCOC(COc1cccc(C(=O)CCCNC(=O)c3cc(C(=O)N[C@@H](CCC(=O)O)C(=O)O)cc(C(=O)N[C@@H](CCC(=O)O)C(=O)O)c3)c1)N=[N+]=[N-])cn2[C@H]1C[C@H](OC(=O)C(C)(C)C)[C@@H](COP(=O)(O)OP(=O)(O)OP(=O)(O)O)O1.S.S. The Bertz CT molecular complexity index is 3960. The molecule has 2 aromatic carbocycles. The summed E-state index contributed by atoms with van der Waals surface area (Å²) in [5.74, 6) is -5.81. The lowest BCUT2D eigenvalue weighted by Crippen LogP contribution is -2.42. The third-order valence-electron chi connectivity index (χ3n) is 13.3. The third kappa shape index (κ3) is 29.2. The van der Waals surface area contributed by atoms with Crippen molar-refractivity contribution in [1.29, 1.82) is 0 Å². The molecule has 1 aliphatic rings. The number of esters is 1. The number of nitrogens with one attached hydrogen (secondary N) is 5. The minimum Gasteiger partial charge on any atom is -0.491 e. The van der Waals surface area contributed by atoms with Crippen molar-refractivity contribution in [3.8, 4) is 17.6 Å². The van der Waals surface area contributed by atoms with E-state index in [0.717, 1.165) is 24.5 Å². The molecule has 0 bridgehead atoms. The topological polar surface area (TPSA) is 614 Å². The zero-order valence-corrected chi connectivity index (χ0v) is 58.8. The summed E-state index contributed by atoms with van der Waals surface area (Å²) in [5, 5.41) is 52.7. The molecule has 5 amide bonds. The smallest absolute Gasteiger partial charge is 0.490 e. The van der Waals surface area contributed by atoms with Gasteiger partial charge in [-0.15, -0.1) is 0 Å². The number of Topliss-reactive ketones (excluding diaryl/α,β-unsaturated/α-hetero) is 1. The fraction of sp³-hybridized carbons (Fsp3) is 0.446. The number of aliphatic carboxylic acids is 4. The number of phosphoric ester groups is 1. The molecule has 0 radical (unpaired) electrons. The number of carboxylic acid groups (broad SMARTS) is 4. The van der Waals surface area contributed by atoms with Gasteiger partial charge in [-0.3, -0.25) is 47.7 Å². The fourth-order valence-electron chi connectivity index (χ4n) is 8.68. The summed E-state index contributed by atoms with van der Waals surface area (Å²) < 4.78 is 77.9. The maximum atomic E-state index is 13.4. The van der Waals surface area contributed by atoms with E-state index < -0.39 is 181 Å². The van der Waals surface area contributed by atoms with E-state index in [1.807, 2.05) is 0 Å². The van der Waals surface area contributed by atoms with Crippen LogP contribution in [-0.4, -0.2) is 196 Å². The number of carbonyl (C=O) groups is 11. The van der Waals surface area contributed by atoms with Gasteiger partial charge in [0.05, 0.1) is 42.7 Å². The first-order valence-electron chi connectivity index (χ1n) is 29.3. The molecule has 4 aromatic rings. The van der Waals surface area contributed by atoms with Crippen LogP contribution in [0.15, 0.2) is 60.1 Å². The minimum atomic E-state index is -5.90. The number of hydrogen-bond acceptors (Lipinski definition) is 25. The molecule has 13 N–H and O–H groups in total. The lowest BCUT2D eigenvalue weighted by Gasteiger charge is -2.24. The molecule has 8 atom stereocenters. The third-order valence-corrected chi connectivity index (χ3v) is 17.1. The molecule has 3 unspecified atom stereocenters. The monoisotopic (exact) mass is 1540 g/mol. The maximum Gasteiger partial charge on any atom is 0.490 e. The molecule has 3 heterocycles. The van der Waals surface area contributed by atoms with Gasteiger partial charge in [-0.2, -0.15) is 35.6 Å². The Hall–Kier alpha value is -8.91. The predicted octanol–water partition coefficient (Wildman–Crippen LogP) is 2.91. The van der Waals surface area contributed by atoms with Crippen LogP contribution in [0, 0.1) is 17.3 Å². The number of amides is 5. The zero-order valence-electron chi connectivity index (χ0n) is 54.1. The Morgan fingerprint density at radius 1 is 0.794 bits per heavy atom. The Morgan fingerprint density at radius 2 is 1.40 bits per heavy atom. The number of carbonyl (C=O) groups excluding carboxylic acids is 7. The van der Waals surface area contributed by atoms with Gasteiger partial charge in [0, 0.05) is 72.5 Å². The summed E-state index contributed by atoms with van der Waals surface area (Å²) in [6.45, 7) is 3.06. The second-order valence-corrected chi connectivity index (χ2v) is 26.6. The van der Waals surface area contributed by atoms with Crippen LogP contribution in [-0.2, 0) is 79.3 Å². The van der Waals surface area contributed by atoms with Crippen molar-refractivity contribution in [2.75, 3.05) is 51.4 Å². The Labute approximate surface area is 591 Å². The lowest BCUT2D eigenvalue weighted by atomic mass is 9.97. The van der Waals surface area contributed by atoms with Gasteiger partial charge >= 0.3 is 53.3 Å². The molecule has 0 saturated carbocycles. The van der Waals surface area contributed by atoms with Crippen LogP contribution < -0.4 is 31.3 Å². The largest absolute Gasteiger partial charge is 0.491 e. The number of ketones is 1. The van der Waals surface area contributed by atoms with Crippen LogP contribution in [0.2, 0.25) is 0 Å². The number of anilines is 1. The highest BCUT2D eigenvalue weighted by Crippen LogP contribution is 2.66. The molecule has 1 saturated heterocycles. The van der Waals surface area contributed by atoms with E-state index in [1.165, 1.54) is 62.7 Å². The molecule has 2 aromatic heterocycles. The first-order valence-corrected chi connectivity index (χ1v) is 33.8. The van der Waals surface area contributed by atoms with Crippen molar-refractivity contribution < 1.29 is 143 Å². The van der Waals surface area contributed by atoms with Crippen LogP contribution >= 0.6 is 50.5 Å². The summed E-state index contributed by atoms with van der Waals surface area (Å²) >= 11 is 0.